The van der Waals surface area contributed by atoms with Crippen molar-refractivity contribution in [2.45, 2.75) is 65.0 Å². The van der Waals surface area contributed by atoms with E-state index in [1.54, 1.807) is 11.9 Å². The summed E-state index contributed by atoms with van der Waals surface area (Å²) in [6.07, 6.45) is 4.72. The monoisotopic (exact) mass is 297 g/mol. The molecule has 5 heteroatoms. The molecule has 0 aromatic carbocycles. The Morgan fingerprint density at radius 1 is 1.10 bits per heavy atom. The molecule has 0 saturated heterocycles. The average molecular weight is 297 g/mol. The van der Waals surface area contributed by atoms with E-state index >= 15 is 0 Å². The maximum atomic E-state index is 12.0. The summed E-state index contributed by atoms with van der Waals surface area (Å²) in [5.74, 6) is 0.515. The summed E-state index contributed by atoms with van der Waals surface area (Å²) >= 11 is 0. The largest absolute Gasteiger partial charge is 0.352 e. The van der Waals surface area contributed by atoms with Crippen LogP contribution < -0.4 is 10.6 Å². The SMILES string of the molecule is C[C@H]1CCCC[C@@H]1NC(=O)CN(C)CC(=O)NC(C)(C)C. The van der Waals surface area contributed by atoms with E-state index in [0.29, 0.717) is 12.0 Å². The highest BCUT2D eigenvalue weighted by Gasteiger charge is 2.23. The van der Waals surface area contributed by atoms with Gasteiger partial charge in [0.25, 0.3) is 0 Å². The lowest BCUT2D eigenvalue weighted by Crippen LogP contribution is -2.48. The normalized spacial score (nSPS) is 23.0. The van der Waals surface area contributed by atoms with E-state index in [2.05, 4.69) is 17.6 Å². The molecule has 21 heavy (non-hydrogen) atoms. The zero-order chi connectivity index (χ0) is 16.0. The molecule has 1 aliphatic rings. The molecule has 0 radical (unpaired) electrons. The molecular weight excluding hydrogens is 266 g/mol. The molecule has 0 bridgehead atoms. The second-order valence-electron chi connectivity index (χ2n) is 7.41. The van der Waals surface area contributed by atoms with Crippen molar-refractivity contribution in [3.05, 3.63) is 0 Å². The topological polar surface area (TPSA) is 61.4 Å². The number of nitrogens with one attached hydrogen (secondary N) is 2. The predicted octanol–water partition coefficient (Wildman–Crippen LogP) is 1.53. The van der Waals surface area contributed by atoms with Crippen LogP contribution in [-0.4, -0.2) is 48.4 Å². The van der Waals surface area contributed by atoms with E-state index in [1.807, 2.05) is 20.8 Å². The van der Waals surface area contributed by atoms with Crippen LogP contribution in [-0.2, 0) is 9.59 Å². The Hall–Kier alpha value is -1.10. The first-order chi connectivity index (χ1) is 9.67. The van der Waals surface area contributed by atoms with Gasteiger partial charge in [0, 0.05) is 11.6 Å². The van der Waals surface area contributed by atoms with Crippen LogP contribution in [0.1, 0.15) is 53.4 Å². The number of rotatable bonds is 5. The summed E-state index contributed by atoms with van der Waals surface area (Å²) < 4.78 is 0. The van der Waals surface area contributed by atoms with Crippen LogP contribution in [0.5, 0.6) is 0 Å². The van der Waals surface area contributed by atoms with Crippen molar-refractivity contribution in [1.29, 1.82) is 0 Å². The van der Waals surface area contributed by atoms with Crippen LogP contribution in [0.15, 0.2) is 0 Å². The van der Waals surface area contributed by atoms with Crippen molar-refractivity contribution >= 4 is 11.8 Å². The Kier molecular flexibility index (Phi) is 6.65. The van der Waals surface area contributed by atoms with E-state index in [0.717, 1.165) is 6.42 Å². The number of hydrogen-bond acceptors (Lipinski definition) is 3. The summed E-state index contributed by atoms with van der Waals surface area (Å²) in [5, 5.41) is 6.01. The van der Waals surface area contributed by atoms with E-state index in [4.69, 9.17) is 0 Å². The lowest BCUT2D eigenvalue weighted by molar-refractivity contribution is -0.125. The highest BCUT2D eigenvalue weighted by Crippen LogP contribution is 2.23. The van der Waals surface area contributed by atoms with Gasteiger partial charge in [0.05, 0.1) is 13.1 Å². The van der Waals surface area contributed by atoms with E-state index < -0.39 is 0 Å². The number of carbonyl (C=O) groups is 2. The second-order valence-corrected chi connectivity index (χ2v) is 7.41. The first-order valence-corrected chi connectivity index (χ1v) is 7.96. The molecule has 2 amide bonds. The summed E-state index contributed by atoms with van der Waals surface area (Å²) in [4.78, 5) is 25.6. The number of hydrogen-bond donors (Lipinski definition) is 2. The van der Waals surface area contributed by atoms with Gasteiger partial charge in [0.15, 0.2) is 0 Å². The molecule has 0 aliphatic heterocycles. The summed E-state index contributed by atoms with van der Waals surface area (Å²) in [6, 6.07) is 0.294. The minimum atomic E-state index is -0.238. The third-order valence-electron chi connectivity index (χ3n) is 3.80. The average Bonchev–Trinajstić information content (AvgIpc) is 2.28. The summed E-state index contributed by atoms with van der Waals surface area (Å²) in [5.41, 5.74) is -0.238. The maximum Gasteiger partial charge on any atom is 0.234 e. The molecule has 2 N–H and O–H groups in total. The van der Waals surface area contributed by atoms with Gasteiger partial charge in [-0.15, -0.1) is 0 Å². The standard InChI is InChI=1S/C16H31N3O2/c1-12-8-6-7-9-13(12)17-14(20)10-19(5)11-15(21)18-16(2,3)4/h12-13H,6-11H2,1-5H3,(H,17,20)(H,18,21)/t12-,13-/m0/s1. The van der Waals surface area contributed by atoms with Crippen LogP contribution in [0.25, 0.3) is 0 Å². The van der Waals surface area contributed by atoms with Gasteiger partial charge in [-0.25, -0.2) is 0 Å². The Labute approximate surface area is 128 Å². The predicted molar refractivity (Wildman–Crippen MR) is 85.0 cm³/mol. The van der Waals surface area contributed by atoms with Gasteiger partial charge in [-0.1, -0.05) is 19.8 Å². The number of amides is 2. The lowest BCUT2D eigenvalue weighted by atomic mass is 9.86. The Morgan fingerprint density at radius 3 is 2.24 bits per heavy atom. The fraction of sp³-hybridized carbons (Fsp3) is 0.875. The van der Waals surface area contributed by atoms with Crippen molar-refractivity contribution < 1.29 is 9.59 Å². The number of nitrogens with zero attached hydrogens (tertiary/aromatic N) is 1. The first kappa shape index (κ1) is 18.0. The minimum Gasteiger partial charge on any atom is -0.352 e. The van der Waals surface area contributed by atoms with Crippen LogP contribution in [0.4, 0.5) is 0 Å². The van der Waals surface area contributed by atoms with E-state index in [9.17, 15) is 9.59 Å². The van der Waals surface area contributed by atoms with Gasteiger partial charge < -0.3 is 10.6 Å². The van der Waals surface area contributed by atoms with Crippen molar-refractivity contribution in [3.63, 3.8) is 0 Å². The first-order valence-electron chi connectivity index (χ1n) is 7.96. The fourth-order valence-corrected chi connectivity index (χ4v) is 2.79. The van der Waals surface area contributed by atoms with Crippen molar-refractivity contribution in [1.82, 2.24) is 15.5 Å². The van der Waals surface area contributed by atoms with Crippen molar-refractivity contribution in [2.75, 3.05) is 20.1 Å². The molecule has 1 aliphatic carbocycles. The van der Waals surface area contributed by atoms with Gasteiger partial charge in [-0.2, -0.15) is 0 Å². The van der Waals surface area contributed by atoms with Crippen molar-refractivity contribution in [2.24, 2.45) is 5.92 Å². The highest BCUT2D eigenvalue weighted by molar-refractivity contribution is 5.81. The van der Waals surface area contributed by atoms with Gasteiger partial charge in [0.1, 0.15) is 0 Å². The molecule has 1 fully saturated rings. The quantitative estimate of drug-likeness (QED) is 0.809. The molecule has 0 unspecified atom stereocenters. The third-order valence-corrected chi connectivity index (χ3v) is 3.80. The van der Waals surface area contributed by atoms with Gasteiger partial charge in [-0.05, 0) is 46.6 Å². The van der Waals surface area contributed by atoms with Crippen LogP contribution in [0.3, 0.4) is 0 Å². The van der Waals surface area contributed by atoms with Crippen LogP contribution in [0, 0.1) is 5.92 Å². The molecule has 1 rings (SSSR count). The molecular formula is C16H31N3O2. The molecule has 0 aromatic rings. The van der Waals surface area contributed by atoms with Crippen LogP contribution in [0.2, 0.25) is 0 Å². The molecule has 0 spiro atoms. The van der Waals surface area contributed by atoms with Crippen LogP contribution >= 0.6 is 0 Å². The Bertz CT molecular complexity index is 363. The van der Waals surface area contributed by atoms with Crippen molar-refractivity contribution in [3.8, 4) is 0 Å². The highest BCUT2D eigenvalue weighted by atomic mass is 16.2. The molecule has 0 aromatic heterocycles. The molecule has 122 valence electrons. The van der Waals surface area contributed by atoms with Gasteiger partial charge in [0.2, 0.25) is 11.8 Å². The minimum absolute atomic E-state index is 0.0137. The zero-order valence-corrected chi connectivity index (χ0v) is 14.2. The van der Waals surface area contributed by atoms with Gasteiger partial charge >= 0.3 is 0 Å². The molecule has 2 atom stereocenters. The summed E-state index contributed by atoms with van der Waals surface area (Å²) in [7, 11) is 1.80. The molecule has 0 heterocycles. The summed E-state index contributed by atoms with van der Waals surface area (Å²) in [6.45, 7) is 8.54. The lowest BCUT2D eigenvalue weighted by Gasteiger charge is -2.30. The number of likely N-dealkylation sites (N-methyl/N-ethyl adjacent to an activating group) is 1. The van der Waals surface area contributed by atoms with E-state index in [-0.39, 0.29) is 30.4 Å². The second kappa shape index (κ2) is 7.78. The molecule has 5 nitrogen and oxygen atoms in total. The number of carbonyl (C=O) groups excluding carboxylic acids is 2. The maximum absolute atomic E-state index is 12.0. The fourth-order valence-electron chi connectivity index (χ4n) is 2.79. The van der Waals surface area contributed by atoms with Gasteiger partial charge in [-0.3, -0.25) is 14.5 Å². The zero-order valence-electron chi connectivity index (χ0n) is 14.2. The van der Waals surface area contributed by atoms with E-state index in [1.165, 1.54) is 19.3 Å². The molecule has 1 saturated carbocycles. The Balaban J connectivity index is 2.31. The smallest absolute Gasteiger partial charge is 0.234 e. The Morgan fingerprint density at radius 2 is 1.67 bits per heavy atom. The third kappa shape index (κ3) is 7.46.